The van der Waals surface area contributed by atoms with E-state index >= 15 is 0 Å². The molecule has 1 N–H and O–H groups in total. The fourth-order valence-electron chi connectivity index (χ4n) is 1.41. The number of carbonyl (C=O) groups is 1. The lowest BCUT2D eigenvalue weighted by molar-refractivity contribution is -0.131. The first-order valence-corrected chi connectivity index (χ1v) is 5.54. The van der Waals surface area contributed by atoms with Gasteiger partial charge in [-0.2, -0.15) is 0 Å². The number of nitrogens with zero attached hydrogens (tertiary/aromatic N) is 3. The van der Waals surface area contributed by atoms with Gasteiger partial charge >= 0.3 is 5.97 Å². The molecule has 2 rings (SSSR count). The van der Waals surface area contributed by atoms with Crippen LogP contribution in [0.5, 0.6) is 0 Å². The molecule has 0 aromatic carbocycles. The number of hydrogen-bond acceptors (Lipinski definition) is 3. The lowest BCUT2D eigenvalue weighted by Gasteiger charge is -2.04. The maximum absolute atomic E-state index is 10.4. The van der Waals surface area contributed by atoms with Crippen LogP contribution >= 0.6 is 11.6 Å². The molecule has 0 saturated carbocycles. The second-order valence-corrected chi connectivity index (χ2v) is 4.01. The van der Waals surface area contributed by atoms with Gasteiger partial charge in [0.15, 0.2) is 0 Å². The summed E-state index contributed by atoms with van der Waals surface area (Å²) in [5.41, 5.74) is 1.36. The smallest absolute Gasteiger partial charge is 0.328 e. The van der Waals surface area contributed by atoms with Gasteiger partial charge in [0.05, 0.1) is 23.6 Å². The summed E-state index contributed by atoms with van der Waals surface area (Å²) < 4.78 is 1.85. The molecule has 0 bridgehead atoms. The van der Waals surface area contributed by atoms with Crippen molar-refractivity contribution in [1.82, 2.24) is 14.5 Å². The summed E-state index contributed by atoms with van der Waals surface area (Å²) >= 11 is 6.08. The van der Waals surface area contributed by atoms with E-state index in [1.807, 2.05) is 10.8 Å². The zero-order valence-electron chi connectivity index (χ0n) is 9.32. The van der Waals surface area contributed by atoms with E-state index in [1.165, 1.54) is 6.08 Å². The van der Waals surface area contributed by atoms with Crippen LogP contribution in [0.15, 0.2) is 37.1 Å². The van der Waals surface area contributed by atoms with Crippen LogP contribution in [0.3, 0.4) is 0 Å². The lowest BCUT2D eigenvalue weighted by Crippen LogP contribution is -2.00. The van der Waals surface area contributed by atoms with Crippen molar-refractivity contribution in [2.24, 2.45) is 0 Å². The normalized spacial score (nSPS) is 10.9. The summed E-state index contributed by atoms with van der Waals surface area (Å²) in [5, 5.41) is 9.02. The molecule has 0 atom stereocenters. The Labute approximate surface area is 108 Å². The Morgan fingerprint density at radius 3 is 3.00 bits per heavy atom. The van der Waals surface area contributed by atoms with Crippen LogP contribution in [0.1, 0.15) is 11.3 Å². The average Bonchev–Trinajstić information content (AvgIpc) is 2.82. The Kier molecular flexibility index (Phi) is 3.74. The van der Waals surface area contributed by atoms with Gasteiger partial charge in [-0.05, 0) is 17.7 Å². The molecule has 6 heteroatoms. The molecular formula is C12H10ClN3O2. The molecule has 5 nitrogen and oxygen atoms in total. The van der Waals surface area contributed by atoms with Crippen LogP contribution in [0.4, 0.5) is 0 Å². The summed E-state index contributed by atoms with van der Waals surface area (Å²) in [6, 6.07) is 1.68. The number of rotatable bonds is 4. The Morgan fingerprint density at radius 2 is 2.39 bits per heavy atom. The van der Waals surface area contributed by atoms with E-state index in [-0.39, 0.29) is 0 Å². The predicted molar refractivity (Wildman–Crippen MR) is 67.2 cm³/mol. The molecule has 2 aromatic heterocycles. The van der Waals surface area contributed by atoms with E-state index in [1.54, 1.807) is 24.8 Å². The summed E-state index contributed by atoms with van der Waals surface area (Å²) in [4.78, 5) is 18.5. The first kappa shape index (κ1) is 12.3. The zero-order chi connectivity index (χ0) is 13.0. The zero-order valence-corrected chi connectivity index (χ0v) is 10.1. The molecule has 0 aliphatic carbocycles. The summed E-state index contributed by atoms with van der Waals surface area (Å²) in [6.07, 6.45) is 9.24. The van der Waals surface area contributed by atoms with Crippen molar-refractivity contribution in [2.75, 3.05) is 0 Å². The first-order valence-electron chi connectivity index (χ1n) is 5.16. The first-order chi connectivity index (χ1) is 8.65. The highest BCUT2D eigenvalue weighted by atomic mass is 35.5. The van der Waals surface area contributed by atoms with Crippen LogP contribution in [0.2, 0.25) is 5.02 Å². The third kappa shape index (κ3) is 3.18. The molecule has 0 fully saturated rings. The highest BCUT2D eigenvalue weighted by molar-refractivity contribution is 6.31. The van der Waals surface area contributed by atoms with Crippen LogP contribution in [0, 0.1) is 0 Å². The third-order valence-electron chi connectivity index (χ3n) is 2.25. The van der Waals surface area contributed by atoms with Crippen molar-refractivity contribution in [2.45, 2.75) is 6.54 Å². The quantitative estimate of drug-likeness (QED) is 0.858. The largest absolute Gasteiger partial charge is 0.478 e. The van der Waals surface area contributed by atoms with Crippen molar-refractivity contribution < 1.29 is 9.90 Å². The standard InChI is InChI=1S/C12H10ClN3O2/c13-10-5-9(1-2-12(17)18)6-15-11(10)7-16-4-3-14-8-16/h1-6,8H,7H2,(H,17,18)/b2-1+. The third-order valence-corrected chi connectivity index (χ3v) is 2.58. The van der Waals surface area contributed by atoms with Gasteiger partial charge < -0.3 is 9.67 Å². The van der Waals surface area contributed by atoms with Crippen molar-refractivity contribution in [3.63, 3.8) is 0 Å². The van der Waals surface area contributed by atoms with E-state index in [4.69, 9.17) is 16.7 Å². The molecule has 92 valence electrons. The van der Waals surface area contributed by atoms with E-state index in [2.05, 4.69) is 9.97 Å². The number of pyridine rings is 1. The molecule has 2 heterocycles. The van der Waals surface area contributed by atoms with Gasteiger partial charge in [-0.25, -0.2) is 9.78 Å². The van der Waals surface area contributed by atoms with E-state index in [0.717, 1.165) is 6.08 Å². The maximum Gasteiger partial charge on any atom is 0.328 e. The SMILES string of the molecule is O=C(O)/C=C/c1cnc(Cn2ccnc2)c(Cl)c1. The fourth-order valence-corrected chi connectivity index (χ4v) is 1.64. The van der Waals surface area contributed by atoms with Crippen LogP contribution in [-0.2, 0) is 11.3 Å². The fraction of sp³-hybridized carbons (Fsp3) is 0.0833. The molecular weight excluding hydrogens is 254 g/mol. The van der Waals surface area contributed by atoms with Crippen LogP contribution in [-0.4, -0.2) is 25.6 Å². The minimum Gasteiger partial charge on any atom is -0.478 e. The van der Waals surface area contributed by atoms with Gasteiger partial charge in [0.25, 0.3) is 0 Å². The molecule has 0 amide bonds. The van der Waals surface area contributed by atoms with Crippen molar-refractivity contribution >= 4 is 23.6 Å². The van der Waals surface area contributed by atoms with E-state index in [0.29, 0.717) is 22.8 Å². The van der Waals surface area contributed by atoms with Crippen molar-refractivity contribution in [3.8, 4) is 0 Å². The van der Waals surface area contributed by atoms with Gasteiger partial charge in [-0.15, -0.1) is 0 Å². The molecule has 0 unspecified atom stereocenters. The molecule has 0 aliphatic heterocycles. The summed E-state index contributed by atoms with van der Waals surface area (Å²) in [6.45, 7) is 0.530. The molecule has 0 radical (unpaired) electrons. The number of imidazole rings is 1. The highest BCUT2D eigenvalue weighted by Crippen LogP contribution is 2.17. The number of halogens is 1. The van der Waals surface area contributed by atoms with Crippen LogP contribution in [0.25, 0.3) is 6.08 Å². The van der Waals surface area contributed by atoms with Gasteiger partial charge in [-0.3, -0.25) is 4.98 Å². The Morgan fingerprint density at radius 1 is 1.56 bits per heavy atom. The minimum absolute atomic E-state index is 0.497. The van der Waals surface area contributed by atoms with E-state index < -0.39 is 5.97 Å². The number of aromatic nitrogens is 3. The van der Waals surface area contributed by atoms with Gasteiger partial charge in [0.1, 0.15) is 0 Å². The molecule has 18 heavy (non-hydrogen) atoms. The highest BCUT2D eigenvalue weighted by Gasteiger charge is 2.03. The molecule has 0 spiro atoms. The topological polar surface area (TPSA) is 68.0 Å². The van der Waals surface area contributed by atoms with Crippen molar-refractivity contribution in [1.29, 1.82) is 0 Å². The van der Waals surface area contributed by atoms with Gasteiger partial charge in [-0.1, -0.05) is 11.6 Å². The second-order valence-electron chi connectivity index (χ2n) is 3.60. The predicted octanol–water partition coefficient (Wildman–Crippen LogP) is 2.08. The molecule has 0 saturated heterocycles. The number of hydrogen-bond donors (Lipinski definition) is 1. The minimum atomic E-state index is -1.01. The Balaban J connectivity index is 2.17. The second kappa shape index (κ2) is 5.46. The maximum atomic E-state index is 10.4. The summed E-state index contributed by atoms with van der Waals surface area (Å²) in [7, 11) is 0. The summed E-state index contributed by atoms with van der Waals surface area (Å²) in [5.74, 6) is -1.01. The average molecular weight is 264 g/mol. The number of aliphatic carboxylic acids is 1. The van der Waals surface area contributed by atoms with Gasteiger partial charge in [0.2, 0.25) is 0 Å². The molecule has 0 aliphatic rings. The van der Waals surface area contributed by atoms with Gasteiger partial charge in [0, 0.05) is 24.7 Å². The number of carboxylic acid groups (broad SMARTS) is 1. The number of carboxylic acids is 1. The Hall–Kier alpha value is -2.14. The monoisotopic (exact) mass is 263 g/mol. The van der Waals surface area contributed by atoms with Crippen LogP contribution < -0.4 is 0 Å². The molecule has 2 aromatic rings. The van der Waals surface area contributed by atoms with Crippen molar-refractivity contribution in [3.05, 3.63) is 53.3 Å². The Bertz CT molecular complexity index is 579. The van der Waals surface area contributed by atoms with E-state index in [9.17, 15) is 4.79 Å². The lowest BCUT2D eigenvalue weighted by atomic mass is 10.2.